The van der Waals surface area contributed by atoms with E-state index in [4.69, 9.17) is 9.47 Å². The zero-order valence-electron chi connectivity index (χ0n) is 21.4. The van der Waals surface area contributed by atoms with Gasteiger partial charge in [0.25, 0.3) is 0 Å². The van der Waals surface area contributed by atoms with Gasteiger partial charge in [-0.2, -0.15) is 4.31 Å². The Bertz CT molecular complexity index is 1020. The van der Waals surface area contributed by atoms with Gasteiger partial charge in [0.15, 0.2) is 0 Å². The highest BCUT2D eigenvalue weighted by Crippen LogP contribution is 2.13. The van der Waals surface area contributed by atoms with Crippen LogP contribution in [-0.4, -0.2) is 82.1 Å². The standard InChI is InChI=1S/C26H39N3O6S/c1-4-29(14-15-34-2)36(32,33)16-13-26(31)28-24(18-21-9-6-5-7-10-21)25(30)20-27-19-22-11-8-12-23(17-22)35-3/h5-12,17,24-25,27,30H,4,13-16,18-20H2,1-3H3,(H,28,31)/t24-,25+/m0/s1. The first-order chi connectivity index (χ1) is 17.3. The molecule has 2 atom stereocenters. The van der Waals surface area contributed by atoms with Crippen molar-refractivity contribution in [2.45, 2.75) is 38.5 Å². The average Bonchev–Trinajstić information content (AvgIpc) is 2.88. The molecule has 0 bridgehead atoms. The van der Waals surface area contributed by atoms with Crippen molar-refractivity contribution in [2.75, 3.05) is 46.2 Å². The molecule has 3 N–H and O–H groups in total. The van der Waals surface area contributed by atoms with Gasteiger partial charge < -0.3 is 25.2 Å². The molecule has 0 aliphatic rings. The minimum atomic E-state index is -3.60. The summed E-state index contributed by atoms with van der Waals surface area (Å²) in [5.41, 5.74) is 1.96. The first kappa shape index (κ1) is 29.7. The number of nitrogens with zero attached hydrogens (tertiary/aromatic N) is 1. The van der Waals surface area contributed by atoms with Gasteiger partial charge in [-0.3, -0.25) is 4.79 Å². The smallest absolute Gasteiger partial charge is 0.221 e. The SMILES string of the molecule is CCN(CCOC)S(=O)(=O)CCC(=O)N[C@@H](Cc1ccccc1)[C@H](O)CNCc1cccc(OC)c1. The van der Waals surface area contributed by atoms with E-state index in [2.05, 4.69) is 10.6 Å². The number of methoxy groups -OCH3 is 2. The Kier molecular flexibility index (Phi) is 12.9. The Morgan fingerprint density at radius 3 is 2.47 bits per heavy atom. The summed E-state index contributed by atoms with van der Waals surface area (Å²) in [6.45, 7) is 3.35. The largest absolute Gasteiger partial charge is 0.497 e. The number of aliphatic hydroxyl groups excluding tert-OH is 1. The third-order valence-corrected chi connectivity index (χ3v) is 7.75. The van der Waals surface area contributed by atoms with E-state index in [9.17, 15) is 18.3 Å². The van der Waals surface area contributed by atoms with Gasteiger partial charge in [-0.1, -0.05) is 49.4 Å². The highest BCUT2D eigenvalue weighted by atomic mass is 32.2. The van der Waals surface area contributed by atoms with Crippen molar-refractivity contribution in [3.63, 3.8) is 0 Å². The third kappa shape index (κ3) is 10.2. The predicted octanol–water partition coefficient (Wildman–Crippen LogP) is 1.56. The second-order valence-electron chi connectivity index (χ2n) is 8.46. The van der Waals surface area contributed by atoms with Crippen molar-refractivity contribution in [1.29, 1.82) is 0 Å². The Hall–Kier alpha value is -2.50. The van der Waals surface area contributed by atoms with Crippen LogP contribution in [0.3, 0.4) is 0 Å². The Balaban J connectivity index is 1.98. The Morgan fingerprint density at radius 1 is 1.08 bits per heavy atom. The van der Waals surface area contributed by atoms with E-state index in [-0.39, 0.29) is 31.9 Å². The summed E-state index contributed by atoms with van der Waals surface area (Å²) in [6.07, 6.45) is -0.664. The number of carbonyl (C=O) groups excluding carboxylic acids is 1. The van der Waals surface area contributed by atoms with Gasteiger partial charge in [0, 0.05) is 39.7 Å². The number of rotatable bonds is 17. The summed E-state index contributed by atoms with van der Waals surface area (Å²) >= 11 is 0. The normalized spacial score (nSPS) is 13.4. The van der Waals surface area contributed by atoms with Crippen LogP contribution >= 0.6 is 0 Å². The lowest BCUT2D eigenvalue weighted by Crippen LogP contribution is -2.49. The highest BCUT2D eigenvalue weighted by molar-refractivity contribution is 7.89. The van der Waals surface area contributed by atoms with Crippen LogP contribution in [0.1, 0.15) is 24.5 Å². The number of nitrogens with one attached hydrogen (secondary N) is 2. The first-order valence-electron chi connectivity index (χ1n) is 12.1. The molecule has 10 heteroatoms. The molecule has 0 spiro atoms. The van der Waals surface area contributed by atoms with Gasteiger partial charge >= 0.3 is 0 Å². The van der Waals surface area contributed by atoms with E-state index in [0.717, 1.165) is 16.9 Å². The van der Waals surface area contributed by atoms with Gasteiger partial charge in [-0.15, -0.1) is 0 Å². The lowest BCUT2D eigenvalue weighted by atomic mass is 10.0. The van der Waals surface area contributed by atoms with Crippen molar-refractivity contribution in [3.8, 4) is 5.75 Å². The van der Waals surface area contributed by atoms with Gasteiger partial charge in [0.05, 0.1) is 31.6 Å². The molecule has 2 rings (SSSR count). The minimum Gasteiger partial charge on any atom is -0.497 e. The van der Waals surface area contributed by atoms with Crippen LogP contribution in [-0.2, 0) is 32.5 Å². The van der Waals surface area contributed by atoms with Crippen LogP contribution in [0.2, 0.25) is 0 Å². The van der Waals surface area contributed by atoms with Crippen LogP contribution in [0.15, 0.2) is 54.6 Å². The number of hydrogen-bond acceptors (Lipinski definition) is 7. The summed E-state index contributed by atoms with van der Waals surface area (Å²) in [4.78, 5) is 12.7. The molecule has 0 heterocycles. The zero-order valence-corrected chi connectivity index (χ0v) is 22.2. The van der Waals surface area contributed by atoms with Crippen LogP contribution in [0.4, 0.5) is 0 Å². The van der Waals surface area contributed by atoms with E-state index in [0.29, 0.717) is 19.5 Å². The molecule has 2 aromatic rings. The summed E-state index contributed by atoms with van der Waals surface area (Å²) in [5.74, 6) is 0.0237. The second-order valence-corrected chi connectivity index (χ2v) is 10.6. The van der Waals surface area contributed by atoms with Crippen LogP contribution < -0.4 is 15.4 Å². The number of hydrogen-bond donors (Lipinski definition) is 3. The number of benzene rings is 2. The summed E-state index contributed by atoms with van der Waals surface area (Å²) in [7, 11) is -0.477. The Morgan fingerprint density at radius 2 is 1.81 bits per heavy atom. The summed E-state index contributed by atoms with van der Waals surface area (Å²) < 4.78 is 36.8. The fourth-order valence-electron chi connectivity index (χ4n) is 3.76. The van der Waals surface area contributed by atoms with Crippen molar-refractivity contribution in [3.05, 3.63) is 65.7 Å². The van der Waals surface area contributed by atoms with Crippen LogP contribution in [0.5, 0.6) is 5.75 Å². The van der Waals surface area contributed by atoms with Gasteiger partial charge in [-0.25, -0.2) is 8.42 Å². The van der Waals surface area contributed by atoms with Gasteiger partial charge in [0.2, 0.25) is 15.9 Å². The molecule has 0 aliphatic carbocycles. The van der Waals surface area contributed by atoms with Crippen LogP contribution in [0.25, 0.3) is 0 Å². The fraction of sp³-hybridized carbons (Fsp3) is 0.500. The lowest BCUT2D eigenvalue weighted by Gasteiger charge is -2.25. The Labute approximate surface area is 214 Å². The molecule has 0 aromatic heterocycles. The quantitative estimate of drug-likeness (QED) is 0.289. The maximum Gasteiger partial charge on any atom is 0.221 e. The van der Waals surface area contributed by atoms with Crippen LogP contribution in [0, 0.1) is 0 Å². The van der Waals surface area contributed by atoms with E-state index in [1.807, 2.05) is 54.6 Å². The zero-order chi connectivity index (χ0) is 26.4. The number of ether oxygens (including phenoxy) is 2. The maximum atomic E-state index is 12.7. The molecule has 0 radical (unpaired) electrons. The summed E-state index contributed by atoms with van der Waals surface area (Å²) in [6, 6.07) is 16.6. The number of carbonyl (C=O) groups is 1. The number of sulfonamides is 1. The van der Waals surface area contributed by atoms with E-state index in [1.165, 1.54) is 11.4 Å². The molecule has 1 amide bonds. The molecule has 36 heavy (non-hydrogen) atoms. The number of amides is 1. The van der Waals surface area contributed by atoms with Crippen molar-refractivity contribution < 1.29 is 27.8 Å². The lowest BCUT2D eigenvalue weighted by molar-refractivity contribution is -0.122. The molecule has 0 aliphatic heterocycles. The van der Waals surface area contributed by atoms with E-state index < -0.39 is 28.1 Å². The third-order valence-electron chi connectivity index (χ3n) is 5.80. The van der Waals surface area contributed by atoms with Gasteiger partial charge in [0.1, 0.15) is 5.75 Å². The number of likely N-dealkylation sites (N-methyl/N-ethyl adjacent to an activating group) is 1. The molecular formula is C26H39N3O6S. The average molecular weight is 522 g/mol. The van der Waals surface area contributed by atoms with E-state index >= 15 is 0 Å². The van der Waals surface area contributed by atoms with Gasteiger partial charge in [-0.05, 0) is 29.7 Å². The highest BCUT2D eigenvalue weighted by Gasteiger charge is 2.25. The maximum absolute atomic E-state index is 12.7. The second kappa shape index (κ2) is 15.6. The molecule has 0 saturated carbocycles. The molecule has 2 aromatic carbocycles. The molecule has 0 fully saturated rings. The molecule has 0 unspecified atom stereocenters. The summed E-state index contributed by atoms with van der Waals surface area (Å²) in [5, 5.41) is 17.0. The predicted molar refractivity (Wildman–Crippen MR) is 140 cm³/mol. The minimum absolute atomic E-state index is 0.193. The van der Waals surface area contributed by atoms with E-state index in [1.54, 1.807) is 14.0 Å². The molecular weight excluding hydrogens is 482 g/mol. The monoisotopic (exact) mass is 521 g/mol. The molecule has 9 nitrogen and oxygen atoms in total. The van der Waals surface area contributed by atoms with Crippen molar-refractivity contribution in [1.82, 2.24) is 14.9 Å². The molecule has 200 valence electrons. The number of aliphatic hydroxyl groups is 1. The first-order valence-corrected chi connectivity index (χ1v) is 13.7. The molecule has 0 saturated heterocycles. The van der Waals surface area contributed by atoms with Crippen molar-refractivity contribution >= 4 is 15.9 Å². The topological polar surface area (TPSA) is 117 Å². The fourth-order valence-corrected chi connectivity index (χ4v) is 5.20. The van der Waals surface area contributed by atoms with Crippen molar-refractivity contribution in [2.24, 2.45) is 0 Å².